The second-order valence-corrected chi connectivity index (χ2v) is 5.61. The quantitative estimate of drug-likeness (QED) is 0.633. The molecular weight excluding hydrogens is 300 g/mol. The average Bonchev–Trinajstić information content (AvgIpc) is 3.06. The van der Waals surface area contributed by atoms with E-state index in [0.29, 0.717) is 4.88 Å². The Hall–Kier alpha value is -2.47. The Morgan fingerprint density at radius 2 is 1.59 bits per heavy atom. The van der Waals surface area contributed by atoms with Crippen molar-refractivity contribution in [1.29, 1.82) is 0 Å². The van der Waals surface area contributed by atoms with E-state index in [-0.39, 0.29) is 36.9 Å². The number of Topliss-reactive ketones (excluding diaryl/α,β-unsaturated/α-hetero) is 1. The van der Waals surface area contributed by atoms with Gasteiger partial charge in [0.15, 0.2) is 5.78 Å². The molecule has 0 aliphatic rings. The summed E-state index contributed by atoms with van der Waals surface area (Å²) in [5, 5.41) is 1.82. The molecule has 0 aliphatic heterocycles. The van der Waals surface area contributed by atoms with Gasteiger partial charge in [0.2, 0.25) is 11.8 Å². The number of benzene rings is 1. The van der Waals surface area contributed by atoms with E-state index < -0.39 is 0 Å². The molecule has 2 rings (SSSR count). The van der Waals surface area contributed by atoms with E-state index in [0.717, 1.165) is 5.56 Å². The molecular formula is C16H16N2O3S. The first-order valence-electron chi connectivity index (χ1n) is 6.83. The number of carbonyl (C=O) groups excluding carboxylic acids is 3. The van der Waals surface area contributed by atoms with Crippen LogP contribution in [0.5, 0.6) is 0 Å². The second-order valence-electron chi connectivity index (χ2n) is 4.66. The van der Waals surface area contributed by atoms with Crippen LogP contribution in [0.4, 0.5) is 0 Å². The number of hydrogen-bond donors (Lipinski definition) is 2. The van der Waals surface area contributed by atoms with E-state index in [1.165, 1.54) is 11.3 Å². The normalized spacial score (nSPS) is 10.0. The highest BCUT2D eigenvalue weighted by atomic mass is 32.1. The van der Waals surface area contributed by atoms with Crippen LogP contribution in [0.25, 0.3) is 0 Å². The summed E-state index contributed by atoms with van der Waals surface area (Å²) in [5.74, 6) is -0.754. The molecule has 1 heterocycles. The Morgan fingerprint density at radius 3 is 2.27 bits per heavy atom. The number of hydrogen-bond acceptors (Lipinski definition) is 4. The van der Waals surface area contributed by atoms with Crippen molar-refractivity contribution in [2.45, 2.75) is 19.3 Å². The minimum Gasteiger partial charge on any atom is -0.293 e. The summed E-state index contributed by atoms with van der Waals surface area (Å²) in [4.78, 5) is 35.6. The first-order valence-corrected chi connectivity index (χ1v) is 7.71. The van der Waals surface area contributed by atoms with Crippen molar-refractivity contribution >= 4 is 28.9 Å². The monoisotopic (exact) mass is 316 g/mol. The van der Waals surface area contributed by atoms with Gasteiger partial charge in [0.1, 0.15) is 0 Å². The topological polar surface area (TPSA) is 75.3 Å². The highest BCUT2D eigenvalue weighted by Gasteiger charge is 2.10. The van der Waals surface area contributed by atoms with Crippen LogP contribution in [0, 0.1) is 0 Å². The maximum absolute atomic E-state index is 11.7. The van der Waals surface area contributed by atoms with Gasteiger partial charge in [-0.05, 0) is 17.0 Å². The van der Waals surface area contributed by atoms with E-state index in [1.807, 2.05) is 35.7 Å². The van der Waals surface area contributed by atoms with Gasteiger partial charge in [-0.25, -0.2) is 0 Å². The van der Waals surface area contributed by atoms with Crippen molar-refractivity contribution in [2.24, 2.45) is 0 Å². The van der Waals surface area contributed by atoms with Gasteiger partial charge in [-0.3, -0.25) is 25.2 Å². The van der Waals surface area contributed by atoms with Crippen LogP contribution < -0.4 is 10.9 Å². The smallest absolute Gasteiger partial charge is 0.242 e. The average molecular weight is 316 g/mol. The van der Waals surface area contributed by atoms with Crippen LogP contribution in [0.2, 0.25) is 0 Å². The van der Waals surface area contributed by atoms with Crippen LogP contribution in [0.1, 0.15) is 28.1 Å². The minimum absolute atomic E-state index is 0.0440. The van der Waals surface area contributed by atoms with E-state index >= 15 is 0 Å². The van der Waals surface area contributed by atoms with Gasteiger partial charge >= 0.3 is 0 Å². The zero-order valence-corrected chi connectivity index (χ0v) is 12.7. The summed E-state index contributed by atoms with van der Waals surface area (Å²) in [6, 6.07) is 12.7. The molecule has 0 fully saturated rings. The molecule has 2 aromatic rings. The highest BCUT2D eigenvalue weighted by Crippen LogP contribution is 2.12. The molecule has 0 atom stereocenters. The fourth-order valence-electron chi connectivity index (χ4n) is 1.81. The molecule has 0 saturated heterocycles. The largest absolute Gasteiger partial charge is 0.293 e. The Morgan fingerprint density at radius 1 is 0.864 bits per heavy atom. The summed E-state index contributed by atoms with van der Waals surface area (Å²) in [5.41, 5.74) is 5.52. The lowest BCUT2D eigenvalue weighted by Gasteiger charge is -2.07. The molecule has 6 heteroatoms. The number of rotatable bonds is 6. The first kappa shape index (κ1) is 15.9. The summed E-state index contributed by atoms with van der Waals surface area (Å²) < 4.78 is 0. The fraction of sp³-hybridized carbons (Fsp3) is 0.188. The first-order chi connectivity index (χ1) is 10.6. The molecule has 0 bridgehead atoms. The number of thiophene rings is 1. The van der Waals surface area contributed by atoms with Crippen molar-refractivity contribution in [2.75, 3.05) is 0 Å². The molecule has 2 N–H and O–H groups in total. The molecule has 0 spiro atoms. The van der Waals surface area contributed by atoms with Crippen molar-refractivity contribution in [1.82, 2.24) is 10.9 Å². The van der Waals surface area contributed by atoms with E-state index in [9.17, 15) is 14.4 Å². The van der Waals surface area contributed by atoms with Crippen molar-refractivity contribution in [3.8, 4) is 0 Å². The van der Waals surface area contributed by atoms with Gasteiger partial charge in [0.25, 0.3) is 0 Å². The van der Waals surface area contributed by atoms with Crippen molar-refractivity contribution < 1.29 is 14.4 Å². The maximum Gasteiger partial charge on any atom is 0.242 e. The molecule has 2 amide bonds. The van der Waals surface area contributed by atoms with Gasteiger partial charge in [-0.2, -0.15) is 0 Å². The molecule has 114 valence electrons. The lowest BCUT2D eigenvalue weighted by Crippen LogP contribution is -2.42. The zero-order chi connectivity index (χ0) is 15.8. The molecule has 5 nitrogen and oxygen atoms in total. The third-order valence-electron chi connectivity index (χ3n) is 2.92. The fourth-order valence-corrected chi connectivity index (χ4v) is 2.51. The van der Waals surface area contributed by atoms with Gasteiger partial charge in [-0.1, -0.05) is 36.4 Å². The van der Waals surface area contributed by atoms with Gasteiger partial charge < -0.3 is 0 Å². The molecule has 0 unspecified atom stereocenters. The van der Waals surface area contributed by atoms with E-state index in [1.54, 1.807) is 12.1 Å². The van der Waals surface area contributed by atoms with Gasteiger partial charge in [-0.15, -0.1) is 11.3 Å². The molecule has 22 heavy (non-hydrogen) atoms. The molecule has 0 saturated carbocycles. The molecule has 0 aliphatic carbocycles. The number of ketones is 1. The zero-order valence-electron chi connectivity index (χ0n) is 11.9. The second kappa shape index (κ2) is 8.09. The number of amides is 2. The number of hydrazine groups is 1. The predicted octanol–water partition coefficient (Wildman–Crippen LogP) is 2.10. The maximum atomic E-state index is 11.7. The molecule has 1 aromatic carbocycles. The van der Waals surface area contributed by atoms with Crippen LogP contribution in [0.3, 0.4) is 0 Å². The standard InChI is InChI=1S/C16H16N2O3S/c19-13(14-7-4-10-22-14)8-9-15(20)17-18-16(21)11-12-5-2-1-3-6-12/h1-7,10H,8-9,11H2,(H,17,20)(H,18,21). The van der Waals surface area contributed by atoms with Crippen LogP contribution in [-0.2, 0) is 16.0 Å². The lowest BCUT2D eigenvalue weighted by atomic mass is 10.1. The Balaban J connectivity index is 1.67. The van der Waals surface area contributed by atoms with Crippen molar-refractivity contribution in [3.05, 3.63) is 58.3 Å². The summed E-state index contributed by atoms with van der Waals surface area (Å²) in [6.45, 7) is 0. The van der Waals surface area contributed by atoms with E-state index in [4.69, 9.17) is 0 Å². The Kier molecular flexibility index (Phi) is 5.85. The summed E-state index contributed by atoms with van der Waals surface area (Å²) >= 11 is 1.35. The van der Waals surface area contributed by atoms with Crippen LogP contribution in [-0.4, -0.2) is 17.6 Å². The lowest BCUT2D eigenvalue weighted by molar-refractivity contribution is -0.128. The summed E-state index contributed by atoms with van der Waals surface area (Å²) in [6.07, 6.45) is 0.360. The van der Waals surface area contributed by atoms with Crippen molar-refractivity contribution in [3.63, 3.8) is 0 Å². The SMILES string of the molecule is O=C(CCC(=O)c1cccs1)NNC(=O)Cc1ccccc1. The third-order valence-corrected chi connectivity index (χ3v) is 3.83. The summed E-state index contributed by atoms with van der Waals surface area (Å²) in [7, 11) is 0. The predicted molar refractivity (Wildman–Crippen MR) is 84.3 cm³/mol. The highest BCUT2D eigenvalue weighted by molar-refractivity contribution is 7.12. The van der Waals surface area contributed by atoms with Crippen LogP contribution >= 0.6 is 11.3 Å². The number of carbonyl (C=O) groups is 3. The third kappa shape index (κ3) is 5.14. The minimum atomic E-state index is -0.383. The molecule has 1 aromatic heterocycles. The Bertz CT molecular complexity index is 639. The van der Waals surface area contributed by atoms with Gasteiger partial charge in [0, 0.05) is 12.8 Å². The Labute approximate surface area is 132 Å². The molecule has 0 radical (unpaired) electrons. The van der Waals surface area contributed by atoms with Crippen LogP contribution in [0.15, 0.2) is 47.8 Å². The van der Waals surface area contributed by atoms with Gasteiger partial charge in [0.05, 0.1) is 11.3 Å². The number of nitrogens with one attached hydrogen (secondary N) is 2. The van der Waals surface area contributed by atoms with E-state index in [2.05, 4.69) is 10.9 Å².